The molecule has 8 heteroatoms. The molecule has 0 saturated heterocycles. The van der Waals surface area contributed by atoms with Crippen molar-refractivity contribution >= 4 is 10.9 Å². The van der Waals surface area contributed by atoms with Crippen LogP contribution in [0.2, 0.25) is 0 Å². The summed E-state index contributed by atoms with van der Waals surface area (Å²) in [6.45, 7) is 23.8. The number of terminal acetylenes is 1. The van der Waals surface area contributed by atoms with Crippen molar-refractivity contribution in [2.75, 3.05) is 34.3 Å². The number of pyridine rings is 2. The summed E-state index contributed by atoms with van der Waals surface area (Å²) < 4.78 is 13.1. The van der Waals surface area contributed by atoms with Crippen molar-refractivity contribution in [2.45, 2.75) is 102 Å². The first-order chi connectivity index (χ1) is 24.2. The van der Waals surface area contributed by atoms with Crippen molar-refractivity contribution in [1.82, 2.24) is 15.3 Å². The van der Waals surface area contributed by atoms with E-state index in [1.165, 1.54) is 38.2 Å². The second-order valence-electron chi connectivity index (χ2n) is 9.88. The summed E-state index contributed by atoms with van der Waals surface area (Å²) in [5, 5.41) is 21.1. The number of nitrogens with two attached hydrogens (primary N) is 2. The fourth-order valence-electron chi connectivity index (χ4n) is 3.86. The highest BCUT2D eigenvalue weighted by molar-refractivity contribution is 5.82. The lowest BCUT2D eigenvalue weighted by Crippen LogP contribution is -2.16. The Morgan fingerprint density at radius 2 is 1.34 bits per heavy atom. The van der Waals surface area contributed by atoms with Gasteiger partial charge in [0.2, 0.25) is 0 Å². The zero-order chi connectivity index (χ0) is 40.1. The van der Waals surface area contributed by atoms with Gasteiger partial charge in [-0.1, -0.05) is 73.9 Å². The van der Waals surface area contributed by atoms with E-state index >= 15 is 0 Å². The number of aryl methyl sites for hydroxylation is 2. The third-order valence-electron chi connectivity index (χ3n) is 6.05. The largest absolute Gasteiger partial charge is 0.396 e. The average molecular weight is 698 g/mol. The first kappa shape index (κ1) is 55.7. The van der Waals surface area contributed by atoms with Gasteiger partial charge in [0.25, 0.3) is 0 Å². The van der Waals surface area contributed by atoms with Gasteiger partial charge in [0, 0.05) is 41.9 Å². The third-order valence-corrected chi connectivity index (χ3v) is 6.05. The first-order valence-electron chi connectivity index (χ1n) is 17.6. The summed E-state index contributed by atoms with van der Waals surface area (Å²) in [4.78, 5) is 9.06. The number of nitrogens with one attached hydrogen (secondary N) is 1. The lowest BCUT2D eigenvalue weighted by atomic mass is 9.98. The van der Waals surface area contributed by atoms with Gasteiger partial charge in [-0.3, -0.25) is 9.97 Å². The molecule has 2 aromatic carbocycles. The van der Waals surface area contributed by atoms with Gasteiger partial charge in [-0.05, 0) is 113 Å². The van der Waals surface area contributed by atoms with Crippen LogP contribution in [0.1, 0.15) is 102 Å². The number of fused-ring (bicyclic) bond motifs is 1. The molecule has 0 aliphatic rings. The smallest absolute Gasteiger partial charge is 0.123 e. The van der Waals surface area contributed by atoms with Crippen molar-refractivity contribution in [1.29, 1.82) is 0 Å². The third kappa shape index (κ3) is 23.6. The minimum Gasteiger partial charge on any atom is -0.396 e. The van der Waals surface area contributed by atoms with Crippen LogP contribution in [0.25, 0.3) is 22.2 Å². The van der Waals surface area contributed by atoms with Crippen LogP contribution in [0, 0.1) is 39.4 Å². The molecule has 7 N–H and O–H groups in total. The molecular weight excluding hydrogens is 625 g/mol. The Kier molecular flexibility index (Phi) is 44.2. The first-order valence-corrected chi connectivity index (χ1v) is 17.6. The number of nitrogens with zero attached hydrogens (tertiary/aromatic N) is 2. The SMILES string of the molecule is C#C.CC.CC.CCC.CCCO.CN.CN.CNCC(C)c1cc(C)c(C)c(-c2ccc(F)cc2)n1.Cc1cc(CO)cc2cccnc12. The standard InChI is InChI=1S/C17H21FN2.C11H11NO.C3H8O.C3H8.2C2H6.C2H2.2CH5N/c1-11-9-16(12(2)10-19-4)20-17(13(11)3)14-5-7-15(18)8-6-14;1-8-5-9(7-13)6-10-3-2-4-12-11(8)10;1-2-3-4;1-3-2;5*1-2/h5-9,12,19H,10H2,1-4H3;2-6,13H,7H2,1H3;4H,2-3H2,1H3;3H2,1-2H3;2*1-2H3;1-2H;2*2H2,1H3. The van der Waals surface area contributed by atoms with Crippen molar-refractivity contribution in [3.05, 3.63) is 94.6 Å². The fraction of sp³-hybridized carbons (Fsp3) is 0.476. The predicted molar refractivity (Wildman–Crippen MR) is 220 cm³/mol. The molecular formula is C42H72FN5O2. The number of benzene rings is 2. The molecule has 4 rings (SSSR count). The molecule has 1 atom stereocenters. The van der Waals surface area contributed by atoms with Gasteiger partial charge in [0.1, 0.15) is 5.82 Å². The van der Waals surface area contributed by atoms with E-state index in [2.05, 4.69) is 75.3 Å². The Balaban J connectivity index is -0.000000194. The summed E-state index contributed by atoms with van der Waals surface area (Å²) in [6.07, 6.45) is 11.9. The van der Waals surface area contributed by atoms with E-state index in [0.29, 0.717) is 12.5 Å². The number of halogens is 1. The molecule has 0 aliphatic carbocycles. The molecule has 0 spiro atoms. The number of hydrogen-bond donors (Lipinski definition) is 5. The molecule has 284 valence electrons. The monoisotopic (exact) mass is 698 g/mol. The summed E-state index contributed by atoms with van der Waals surface area (Å²) in [5.41, 5.74) is 17.4. The van der Waals surface area contributed by atoms with Crippen molar-refractivity contribution < 1.29 is 14.6 Å². The van der Waals surface area contributed by atoms with E-state index in [0.717, 1.165) is 57.5 Å². The van der Waals surface area contributed by atoms with E-state index in [-0.39, 0.29) is 12.4 Å². The lowest BCUT2D eigenvalue weighted by Gasteiger charge is -2.16. The average Bonchev–Trinajstić information content (AvgIpc) is 3.18. The second kappa shape index (κ2) is 39.7. The fourth-order valence-corrected chi connectivity index (χ4v) is 3.86. The number of aliphatic hydroxyl groups is 2. The van der Waals surface area contributed by atoms with Gasteiger partial charge in [-0.15, -0.1) is 12.8 Å². The molecule has 0 radical (unpaired) electrons. The highest BCUT2D eigenvalue weighted by Gasteiger charge is 2.13. The lowest BCUT2D eigenvalue weighted by molar-refractivity contribution is 0.282. The van der Waals surface area contributed by atoms with Gasteiger partial charge in [0.05, 0.1) is 17.8 Å². The second-order valence-corrected chi connectivity index (χ2v) is 9.88. The number of aliphatic hydroxyl groups excluding tert-OH is 2. The van der Waals surface area contributed by atoms with Crippen LogP contribution in [0.3, 0.4) is 0 Å². The van der Waals surface area contributed by atoms with E-state index < -0.39 is 0 Å². The number of aromatic nitrogens is 2. The molecule has 7 nitrogen and oxygen atoms in total. The molecule has 0 fully saturated rings. The maximum atomic E-state index is 13.1. The summed E-state index contributed by atoms with van der Waals surface area (Å²) in [7, 11) is 4.94. The van der Waals surface area contributed by atoms with Crippen LogP contribution in [-0.4, -0.2) is 54.5 Å². The molecule has 0 saturated carbocycles. The van der Waals surface area contributed by atoms with Crippen LogP contribution in [0.15, 0.2) is 60.8 Å². The highest BCUT2D eigenvalue weighted by Crippen LogP contribution is 2.27. The zero-order valence-corrected chi connectivity index (χ0v) is 33.9. The molecule has 0 aliphatic heterocycles. The molecule has 2 heterocycles. The van der Waals surface area contributed by atoms with Gasteiger partial charge in [-0.2, -0.15) is 0 Å². The van der Waals surface area contributed by atoms with Crippen molar-refractivity contribution in [3.63, 3.8) is 0 Å². The van der Waals surface area contributed by atoms with Crippen molar-refractivity contribution in [2.24, 2.45) is 11.5 Å². The minimum atomic E-state index is -0.220. The van der Waals surface area contributed by atoms with Crippen LogP contribution in [0.4, 0.5) is 4.39 Å². The summed E-state index contributed by atoms with van der Waals surface area (Å²) in [6, 6.07) is 16.5. The van der Waals surface area contributed by atoms with Gasteiger partial charge >= 0.3 is 0 Å². The van der Waals surface area contributed by atoms with E-state index in [1.54, 1.807) is 18.3 Å². The van der Waals surface area contributed by atoms with Crippen LogP contribution < -0.4 is 16.8 Å². The Labute approximate surface area is 306 Å². The van der Waals surface area contributed by atoms with E-state index in [4.69, 9.17) is 15.2 Å². The van der Waals surface area contributed by atoms with E-state index in [9.17, 15) is 4.39 Å². The molecule has 2 aromatic heterocycles. The van der Waals surface area contributed by atoms with E-state index in [1.807, 2.05) is 72.9 Å². The predicted octanol–water partition coefficient (Wildman–Crippen LogP) is 9.12. The molecule has 0 bridgehead atoms. The highest BCUT2D eigenvalue weighted by atomic mass is 19.1. The van der Waals surface area contributed by atoms with Crippen LogP contribution >= 0.6 is 0 Å². The van der Waals surface area contributed by atoms with Gasteiger partial charge in [-0.25, -0.2) is 4.39 Å². The van der Waals surface area contributed by atoms with Crippen molar-refractivity contribution in [3.8, 4) is 24.1 Å². The Hall–Kier alpha value is -3.71. The maximum Gasteiger partial charge on any atom is 0.123 e. The zero-order valence-electron chi connectivity index (χ0n) is 33.9. The Morgan fingerprint density at radius 3 is 1.78 bits per heavy atom. The number of hydrogen-bond acceptors (Lipinski definition) is 7. The number of likely N-dealkylation sites (N-methyl/N-ethyl adjacent to an activating group) is 1. The van der Waals surface area contributed by atoms with Crippen LogP contribution in [0.5, 0.6) is 0 Å². The van der Waals surface area contributed by atoms with Gasteiger partial charge in [0.15, 0.2) is 0 Å². The summed E-state index contributed by atoms with van der Waals surface area (Å²) in [5.74, 6) is 0.126. The topological polar surface area (TPSA) is 130 Å². The normalized spacial score (nSPS) is 9.22. The van der Waals surface area contributed by atoms with Gasteiger partial charge < -0.3 is 27.0 Å². The molecule has 0 amide bonds. The molecule has 1 unspecified atom stereocenters. The quantitative estimate of drug-likeness (QED) is 0.127. The molecule has 50 heavy (non-hydrogen) atoms. The van der Waals surface area contributed by atoms with Crippen LogP contribution in [-0.2, 0) is 6.61 Å². The Morgan fingerprint density at radius 1 is 0.840 bits per heavy atom. The maximum absolute atomic E-state index is 13.1. The Bertz CT molecular complexity index is 1330. The molecule has 4 aromatic rings. The minimum absolute atomic E-state index is 0.0890. The number of rotatable bonds is 6. The summed E-state index contributed by atoms with van der Waals surface area (Å²) >= 11 is 0.